The Labute approximate surface area is 190 Å². The Bertz CT molecular complexity index is 1160. The average molecular weight is 485 g/mol. The smallest absolute Gasteiger partial charge is 0.264 e. The number of hydroxylamine groups is 1. The van der Waals surface area contributed by atoms with E-state index >= 15 is 0 Å². The van der Waals surface area contributed by atoms with Crippen LogP contribution in [0.2, 0.25) is 0 Å². The SMILES string of the molecule is C[C@@](CCn1cc(F)c(-c2ccc(F)cc2)cc1=O)(C(=O)NOC1CCCCO1)S(C)(=O)=O. The van der Waals surface area contributed by atoms with E-state index < -0.39 is 44.0 Å². The van der Waals surface area contributed by atoms with Crippen LogP contribution in [-0.2, 0) is 30.8 Å². The van der Waals surface area contributed by atoms with E-state index in [0.717, 1.165) is 48.1 Å². The number of pyridine rings is 1. The molecule has 2 atom stereocenters. The highest BCUT2D eigenvalue weighted by Crippen LogP contribution is 2.24. The molecular formula is C22H26F2N2O6S. The molecule has 1 aromatic carbocycles. The summed E-state index contributed by atoms with van der Waals surface area (Å²) >= 11 is 0. The molecule has 0 spiro atoms. The largest absolute Gasteiger partial charge is 0.350 e. The van der Waals surface area contributed by atoms with Gasteiger partial charge in [0.2, 0.25) is 0 Å². The number of carbonyl (C=O) groups is 1. The number of halogens is 2. The molecule has 8 nitrogen and oxygen atoms in total. The lowest BCUT2D eigenvalue weighted by Crippen LogP contribution is -2.51. The number of hydrogen-bond donors (Lipinski definition) is 1. The Kier molecular flexibility index (Phi) is 7.65. The molecule has 33 heavy (non-hydrogen) atoms. The summed E-state index contributed by atoms with van der Waals surface area (Å²) in [4.78, 5) is 30.5. The van der Waals surface area contributed by atoms with Crippen LogP contribution in [0.15, 0.2) is 41.3 Å². The van der Waals surface area contributed by atoms with Crippen LogP contribution in [0.1, 0.15) is 32.6 Å². The highest BCUT2D eigenvalue weighted by Gasteiger charge is 2.44. The standard InChI is InChI=1S/C22H26F2N2O6S/c1-22(33(2,29)30,21(28)25-32-20-5-3-4-12-31-20)10-11-26-14-18(24)17(13-19(26)27)15-6-8-16(23)9-7-15/h6-9,13-14,20H,3-5,10-12H2,1-2H3,(H,25,28)/t20?,22-/m1/s1. The Morgan fingerprint density at radius 3 is 2.58 bits per heavy atom. The van der Waals surface area contributed by atoms with Gasteiger partial charge in [-0.15, -0.1) is 0 Å². The second kappa shape index (κ2) is 10.1. The number of nitrogens with zero attached hydrogens (tertiary/aromatic N) is 1. The van der Waals surface area contributed by atoms with E-state index in [9.17, 15) is 26.8 Å². The number of sulfone groups is 1. The van der Waals surface area contributed by atoms with Crippen LogP contribution in [0, 0.1) is 11.6 Å². The van der Waals surface area contributed by atoms with E-state index in [2.05, 4.69) is 5.48 Å². The average Bonchev–Trinajstić information content (AvgIpc) is 2.78. The molecule has 1 aliphatic heterocycles. The van der Waals surface area contributed by atoms with Crippen LogP contribution in [0.5, 0.6) is 0 Å². The van der Waals surface area contributed by atoms with Gasteiger partial charge in [-0.3, -0.25) is 9.59 Å². The van der Waals surface area contributed by atoms with Gasteiger partial charge in [-0.05, 0) is 43.9 Å². The van der Waals surface area contributed by atoms with Gasteiger partial charge in [0.25, 0.3) is 11.5 Å². The molecule has 180 valence electrons. The third-order valence-electron chi connectivity index (χ3n) is 5.78. The summed E-state index contributed by atoms with van der Waals surface area (Å²) in [5.41, 5.74) is 1.87. The third-order valence-corrected chi connectivity index (χ3v) is 7.81. The van der Waals surface area contributed by atoms with Crippen molar-refractivity contribution in [3.05, 3.63) is 58.5 Å². The van der Waals surface area contributed by atoms with Crippen molar-refractivity contribution in [2.45, 2.75) is 50.2 Å². The van der Waals surface area contributed by atoms with Crippen molar-refractivity contribution in [2.24, 2.45) is 0 Å². The van der Waals surface area contributed by atoms with Crippen LogP contribution in [0.25, 0.3) is 11.1 Å². The fourth-order valence-electron chi connectivity index (χ4n) is 3.40. The van der Waals surface area contributed by atoms with Gasteiger partial charge in [0, 0.05) is 43.7 Å². The molecule has 2 heterocycles. The second-order valence-electron chi connectivity index (χ2n) is 8.17. The fourth-order valence-corrected chi connectivity index (χ4v) is 4.24. The summed E-state index contributed by atoms with van der Waals surface area (Å²) in [7, 11) is -3.94. The first-order valence-corrected chi connectivity index (χ1v) is 12.3. The molecule has 1 saturated heterocycles. The Morgan fingerprint density at radius 1 is 1.27 bits per heavy atom. The predicted molar refractivity (Wildman–Crippen MR) is 117 cm³/mol. The zero-order chi connectivity index (χ0) is 24.2. The van der Waals surface area contributed by atoms with Crippen molar-refractivity contribution in [3.63, 3.8) is 0 Å². The normalized spacial score (nSPS) is 18.5. The summed E-state index contributed by atoms with van der Waals surface area (Å²) in [5, 5.41) is 0. The molecule has 3 rings (SSSR count). The minimum absolute atomic E-state index is 0.0132. The van der Waals surface area contributed by atoms with Crippen LogP contribution >= 0.6 is 0 Å². The van der Waals surface area contributed by atoms with Gasteiger partial charge in [-0.2, -0.15) is 0 Å². The molecule has 0 bridgehead atoms. The fraction of sp³-hybridized carbons (Fsp3) is 0.455. The lowest BCUT2D eigenvalue weighted by molar-refractivity contribution is -0.201. The number of benzene rings is 1. The minimum Gasteiger partial charge on any atom is -0.350 e. The molecule has 0 aliphatic carbocycles. The quantitative estimate of drug-likeness (QED) is 0.578. The molecule has 0 radical (unpaired) electrons. The maximum atomic E-state index is 14.7. The van der Waals surface area contributed by atoms with Crippen molar-refractivity contribution in [2.75, 3.05) is 12.9 Å². The zero-order valence-corrected chi connectivity index (χ0v) is 19.2. The van der Waals surface area contributed by atoms with E-state index in [0.29, 0.717) is 18.6 Å². The first kappa shape index (κ1) is 25.0. The van der Waals surface area contributed by atoms with Crippen molar-refractivity contribution in [3.8, 4) is 11.1 Å². The Morgan fingerprint density at radius 2 is 1.97 bits per heavy atom. The van der Waals surface area contributed by atoms with Crippen LogP contribution in [0.3, 0.4) is 0 Å². The molecule has 11 heteroatoms. The minimum atomic E-state index is -3.94. The number of aryl methyl sites for hydroxylation is 1. The summed E-state index contributed by atoms with van der Waals surface area (Å²) < 4.78 is 57.1. The summed E-state index contributed by atoms with van der Waals surface area (Å²) in [6, 6.07) is 6.04. The topological polar surface area (TPSA) is 104 Å². The van der Waals surface area contributed by atoms with E-state index in [1.54, 1.807) is 0 Å². The van der Waals surface area contributed by atoms with Crippen LogP contribution in [-0.4, -0.2) is 42.8 Å². The molecular weight excluding hydrogens is 458 g/mol. The number of hydrogen-bond acceptors (Lipinski definition) is 6. The van der Waals surface area contributed by atoms with Gasteiger partial charge in [0.05, 0.1) is 0 Å². The first-order valence-electron chi connectivity index (χ1n) is 10.4. The second-order valence-corrected chi connectivity index (χ2v) is 10.6. The lowest BCUT2D eigenvalue weighted by atomic mass is 10.1. The number of nitrogens with one attached hydrogen (secondary N) is 1. The van der Waals surface area contributed by atoms with Crippen LogP contribution in [0.4, 0.5) is 8.78 Å². The Balaban J connectivity index is 1.76. The Hall–Kier alpha value is -2.63. The maximum Gasteiger partial charge on any atom is 0.264 e. The van der Waals surface area contributed by atoms with Crippen molar-refractivity contribution < 1.29 is 31.6 Å². The zero-order valence-electron chi connectivity index (χ0n) is 18.3. The van der Waals surface area contributed by atoms with E-state index in [-0.39, 0.29) is 18.5 Å². The molecule has 1 fully saturated rings. The summed E-state index contributed by atoms with van der Waals surface area (Å²) in [6.45, 7) is 1.46. The first-order chi connectivity index (χ1) is 15.5. The van der Waals surface area contributed by atoms with Gasteiger partial charge in [0.15, 0.2) is 20.9 Å². The molecule has 1 unspecified atom stereocenters. The van der Waals surface area contributed by atoms with E-state index in [1.165, 1.54) is 19.1 Å². The lowest BCUT2D eigenvalue weighted by Gasteiger charge is -2.28. The summed E-state index contributed by atoms with van der Waals surface area (Å²) in [5.74, 6) is -2.15. The maximum absolute atomic E-state index is 14.7. The third kappa shape index (κ3) is 5.84. The number of carbonyl (C=O) groups excluding carboxylic acids is 1. The summed E-state index contributed by atoms with van der Waals surface area (Å²) in [6.07, 6.45) is 3.17. The highest BCUT2D eigenvalue weighted by atomic mass is 32.2. The van der Waals surface area contributed by atoms with E-state index in [1.807, 2.05) is 0 Å². The molecule has 0 saturated carbocycles. The van der Waals surface area contributed by atoms with Crippen molar-refractivity contribution in [1.29, 1.82) is 0 Å². The molecule has 1 aliphatic rings. The van der Waals surface area contributed by atoms with Gasteiger partial charge in [-0.1, -0.05) is 12.1 Å². The number of rotatable bonds is 8. The number of aromatic nitrogens is 1. The van der Waals surface area contributed by atoms with Crippen molar-refractivity contribution in [1.82, 2.24) is 10.0 Å². The molecule has 1 aromatic heterocycles. The molecule has 2 aromatic rings. The number of ether oxygens (including phenoxy) is 1. The van der Waals surface area contributed by atoms with Gasteiger partial charge in [0.1, 0.15) is 11.6 Å². The predicted octanol–water partition coefficient (Wildman–Crippen LogP) is 2.56. The van der Waals surface area contributed by atoms with Gasteiger partial charge >= 0.3 is 0 Å². The monoisotopic (exact) mass is 484 g/mol. The highest BCUT2D eigenvalue weighted by molar-refractivity contribution is 7.92. The number of amides is 1. The molecule has 1 amide bonds. The molecule has 1 N–H and O–H groups in total. The van der Waals surface area contributed by atoms with Gasteiger partial charge < -0.3 is 9.30 Å². The van der Waals surface area contributed by atoms with Crippen LogP contribution < -0.4 is 11.0 Å². The van der Waals surface area contributed by atoms with E-state index in [4.69, 9.17) is 9.57 Å². The van der Waals surface area contributed by atoms with Crippen molar-refractivity contribution >= 4 is 15.7 Å². The van der Waals surface area contributed by atoms with Gasteiger partial charge in [-0.25, -0.2) is 27.5 Å².